The Kier molecular flexibility index (Phi) is 4.50. The van der Waals surface area contributed by atoms with Crippen molar-refractivity contribution in [2.45, 2.75) is 31.4 Å². The summed E-state index contributed by atoms with van der Waals surface area (Å²) in [7, 11) is 0. The third-order valence-electron chi connectivity index (χ3n) is 2.59. The van der Waals surface area contributed by atoms with Gasteiger partial charge in [0.25, 0.3) is 0 Å². The quantitative estimate of drug-likeness (QED) is 0.874. The summed E-state index contributed by atoms with van der Waals surface area (Å²) >= 11 is 0. The number of alkyl halides is 2. The predicted octanol–water partition coefficient (Wildman–Crippen LogP) is 2.39. The van der Waals surface area contributed by atoms with E-state index in [9.17, 15) is 8.78 Å². The van der Waals surface area contributed by atoms with Crippen LogP contribution in [-0.2, 0) is 6.42 Å². The minimum absolute atomic E-state index is 0. The second kappa shape index (κ2) is 5.46. The molecule has 0 bridgehead atoms. The van der Waals surface area contributed by atoms with Gasteiger partial charge in [-0.15, -0.1) is 12.4 Å². The summed E-state index contributed by atoms with van der Waals surface area (Å²) in [6.07, 6.45) is -2.63. The van der Waals surface area contributed by atoms with Gasteiger partial charge in [-0.2, -0.15) is 0 Å². The molecule has 0 saturated heterocycles. The smallest absolute Gasteiger partial charge is 0.242 e. The lowest BCUT2D eigenvalue weighted by Crippen LogP contribution is -2.44. The van der Waals surface area contributed by atoms with Crippen LogP contribution in [-0.4, -0.2) is 18.6 Å². The molecule has 5 heteroatoms. The van der Waals surface area contributed by atoms with Crippen LogP contribution < -0.4 is 10.5 Å². The van der Waals surface area contributed by atoms with Crippen molar-refractivity contribution >= 4 is 12.4 Å². The Morgan fingerprint density at radius 3 is 2.75 bits per heavy atom. The van der Waals surface area contributed by atoms with Crippen LogP contribution in [0.15, 0.2) is 24.3 Å². The second-order valence-corrected chi connectivity index (χ2v) is 3.76. The van der Waals surface area contributed by atoms with E-state index in [1.54, 1.807) is 6.07 Å². The Balaban J connectivity index is 0.00000128. The molecule has 16 heavy (non-hydrogen) atoms. The number of halogens is 3. The summed E-state index contributed by atoms with van der Waals surface area (Å²) in [5.41, 5.74) is 6.78. The van der Waals surface area contributed by atoms with E-state index in [1.165, 1.54) is 0 Å². The molecule has 0 saturated carbocycles. The van der Waals surface area contributed by atoms with Crippen molar-refractivity contribution in [3.63, 3.8) is 0 Å². The van der Waals surface area contributed by atoms with E-state index in [0.29, 0.717) is 12.2 Å². The first-order chi connectivity index (χ1) is 7.16. The zero-order valence-corrected chi connectivity index (χ0v) is 9.42. The number of rotatable bonds is 2. The number of ether oxygens (including phenoxy) is 1. The van der Waals surface area contributed by atoms with Crippen LogP contribution in [0, 0.1) is 0 Å². The van der Waals surface area contributed by atoms with Gasteiger partial charge in [0.15, 0.2) is 0 Å². The molecule has 0 fully saturated rings. The first-order valence-corrected chi connectivity index (χ1v) is 4.95. The average Bonchev–Trinajstić information content (AvgIpc) is 2.18. The van der Waals surface area contributed by atoms with Crippen LogP contribution in [0.25, 0.3) is 0 Å². The van der Waals surface area contributed by atoms with Crippen molar-refractivity contribution in [1.82, 2.24) is 0 Å². The van der Waals surface area contributed by atoms with Gasteiger partial charge in [-0.05, 0) is 18.1 Å². The lowest BCUT2D eigenvalue weighted by Gasteiger charge is -2.31. The highest BCUT2D eigenvalue weighted by atomic mass is 35.5. The molecule has 0 radical (unpaired) electrons. The zero-order valence-electron chi connectivity index (χ0n) is 8.61. The lowest BCUT2D eigenvalue weighted by molar-refractivity contribution is 0.0541. The predicted molar refractivity (Wildman–Crippen MR) is 60.4 cm³/mol. The molecule has 1 heterocycles. The Morgan fingerprint density at radius 1 is 1.38 bits per heavy atom. The Labute approximate surface area is 99.2 Å². The molecular weight excluding hydrogens is 236 g/mol. The standard InChI is InChI=1S/C11H13F2NO.ClH/c12-11(13)6-10-8(14)5-7-3-1-2-4-9(7)15-10;/h1-4,8,10-11H,5-6,14H2;1H. The number of benzene rings is 1. The highest BCUT2D eigenvalue weighted by Gasteiger charge is 2.29. The number of fused-ring (bicyclic) bond motifs is 1. The van der Waals surface area contributed by atoms with E-state index in [2.05, 4.69) is 0 Å². The van der Waals surface area contributed by atoms with E-state index >= 15 is 0 Å². The summed E-state index contributed by atoms with van der Waals surface area (Å²) in [6, 6.07) is 7.08. The fourth-order valence-corrected chi connectivity index (χ4v) is 1.82. The Bertz CT molecular complexity index is 349. The van der Waals surface area contributed by atoms with Crippen molar-refractivity contribution in [3.8, 4) is 5.75 Å². The van der Waals surface area contributed by atoms with Crippen LogP contribution in [0.3, 0.4) is 0 Å². The van der Waals surface area contributed by atoms with Crippen molar-refractivity contribution < 1.29 is 13.5 Å². The maximum absolute atomic E-state index is 12.2. The van der Waals surface area contributed by atoms with Gasteiger partial charge >= 0.3 is 0 Å². The van der Waals surface area contributed by atoms with E-state index in [1.807, 2.05) is 18.2 Å². The molecule has 0 aliphatic carbocycles. The van der Waals surface area contributed by atoms with Gasteiger partial charge in [-0.3, -0.25) is 0 Å². The number of nitrogens with two attached hydrogens (primary N) is 1. The molecule has 0 spiro atoms. The SMILES string of the molecule is Cl.NC1Cc2ccccc2OC1CC(F)F. The van der Waals surface area contributed by atoms with Gasteiger partial charge in [-0.1, -0.05) is 18.2 Å². The molecule has 2 rings (SSSR count). The fraction of sp³-hybridized carbons (Fsp3) is 0.455. The zero-order chi connectivity index (χ0) is 10.8. The van der Waals surface area contributed by atoms with Crippen LogP contribution in [0.1, 0.15) is 12.0 Å². The molecule has 1 aliphatic rings. The van der Waals surface area contributed by atoms with Crippen molar-refractivity contribution in [1.29, 1.82) is 0 Å². The topological polar surface area (TPSA) is 35.2 Å². The summed E-state index contributed by atoms with van der Waals surface area (Å²) < 4.78 is 29.9. The molecule has 2 unspecified atom stereocenters. The first kappa shape index (κ1) is 13.2. The molecular formula is C11H14ClF2NO. The largest absolute Gasteiger partial charge is 0.488 e. The van der Waals surface area contributed by atoms with Gasteiger partial charge < -0.3 is 10.5 Å². The highest BCUT2D eigenvalue weighted by Crippen LogP contribution is 2.28. The van der Waals surface area contributed by atoms with Gasteiger partial charge in [0, 0.05) is 12.5 Å². The number of hydrogen-bond donors (Lipinski definition) is 1. The number of para-hydroxylation sites is 1. The van der Waals surface area contributed by atoms with E-state index in [4.69, 9.17) is 10.5 Å². The van der Waals surface area contributed by atoms with Crippen molar-refractivity contribution in [2.24, 2.45) is 5.73 Å². The molecule has 2 nitrogen and oxygen atoms in total. The first-order valence-electron chi connectivity index (χ1n) is 4.95. The third-order valence-corrected chi connectivity index (χ3v) is 2.59. The fourth-order valence-electron chi connectivity index (χ4n) is 1.82. The molecule has 1 aromatic rings. The summed E-state index contributed by atoms with van der Waals surface area (Å²) in [5, 5.41) is 0. The molecule has 0 amide bonds. The maximum atomic E-state index is 12.2. The van der Waals surface area contributed by atoms with E-state index in [0.717, 1.165) is 5.56 Å². The molecule has 0 aromatic heterocycles. The van der Waals surface area contributed by atoms with Gasteiger partial charge in [0.2, 0.25) is 6.43 Å². The van der Waals surface area contributed by atoms with Gasteiger partial charge in [-0.25, -0.2) is 8.78 Å². The minimum Gasteiger partial charge on any atom is -0.488 e. The molecule has 2 N–H and O–H groups in total. The van der Waals surface area contributed by atoms with Gasteiger partial charge in [0.1, 0.15) is 11.9 Å². The van der Waals surface area contributed by atoms with Crippen molar-refractivity contribution in [3.05, 3.63) is 29.8 Å². The maximum Gasteiger partial charge on any atom is 0.242 e. The lowest BCUT2D eigenvalue weighted by atomic mass is 9.96. The normalized spacial score (nSPS) is 23.2. The van der Waals surface area contributed by atoms with Gasteiger partial charge in [0.05, 0.1) is 0 Å². The summed E-state index contributed by atoms with van der Waals surface area (Å²) in [6.45, 7) is 0. The van der Waals surface area contributed by atoms with Crippen molar-refractivity contribution in [2.75, 3.05) is 0 Å². The second-order valence-electron chi connectivity index (χ2n) is 3.76. The summed E-state index contributed by atoms with van der Waals surface area (Å²) in [4.78, 5) is 0. The van der Waals surface area contributed by atoms with Crippen LogP contribution >= 0.6 is 12.4 Å². The van der Waals surface area contributed by atoms with E-state index < -0.39 is 12.5 Å². The monoisotopic (exact) mass is 249 g/mol. The third kappa shape index (κ3) is 2.83. The molecule has 90 valence electrons. The molecule has 1 aromatic carbocycles. The average molecular weight is 250 g/mol. The Hall–Kier alpha value is -0.870. The van der Waals surface area contributed by atoms with Crippen LogP contribution in [0.4, 0.5) is 8.78 Å². The molecule has 2 atom stereocenters. The molecule has 1 aliphatic heterocycles. The Morgan fingerprint density at radius 2 is 2.06 bits per heavy atom. The highest BCUT2D eigenvalue weighted by molar-refractivity contribution is 5.85. The van der Waals surface area contributed by atoms with Crippen LogP contribution in [0.5, 0.6) is 5.75 Å². The minimum atomic E-state index is -2.37. The summed E-state index contributed by atoms with van der Waals surface area (Å²) in [5.74, 6) is 0.685. The van der Waals surface area contributed by atoms with E-state index in [-0.39, 0.29) is 24.9 Å². The van der Waals surface area contributed by atoms with Crippen LogP contribution in [0.2, 0.25) is 0 Å². The number of hydrogen-bond acceptors (Lipinski definition) is 2.